The second kappa shape index (κ2) is 6.71. The van der Waals surface area contributed by atoms with Gasteiger partial charge in [-0.25, -0.2) is 0 Å². The Labute approximate surface area is 115 Å². The highest BCUT2D eigenvalue weighted by Gasteiger charge is 2.20. The minimum Gasteiger partial charge on any atom is -0.353 e. The fourth-order valence-corrected chi connectivity index (χ4v) is 2.76. The van der Waals surface area contributed by atoms with Gasteiger partial charge in [0.1, 0.15) is 0 Å². The summed E-state index contributed by atoms with van der Waals surface area (Å²) in [6.07, 6.45) is 4.60. The third-order valence-electron chi connectivity index (χ3n) is 4.10. The van der Waals surface area contributed by atoms with Crippen molar-refractivity contribution in [3.63, 3.8) is 0 Å². The van der Waals surface area contributed by atoms with E-state index in [2.05, 4.69) is 36.5 Å². The molecule has 1 amide bonds. The van der Waals surface area contributed by atoms with Crippen molar-refractivity contribution in [2.45, 2.75) is 45.1 Å². The number of nitrogens with one attached hydrogen (secondary N) is 1. The van der Waals surface area contributed by atoms with Crippen LogP contribution in [0.2, 0.25) is 0 Å². The van der Waals surface area contributed by atoms with Gasteiger partial charge >= 0.3 is 0 Å². The highest BCUT2D eigenvalue weighted by atomic mass is 16.1. The van der Waals surface area contributed by atoms with Crippen molar-refractivity contribution in [2.24, 2.45) is 11.7 Å². The zero-order chi connectivity index (χ0) is 13.7. The van der Waals surface area contributed by atoms with Crippen molar-refractivity contribution >= 4 is 5.91 Å². The Morgan fingerprint density at radius 2 is 2.16 bits per heavy atom. The van der Waals surface area contributed by atoms with Crippen molar-refractivity contribution in [1.29, 1.82) is 0 Å². The molecule has 0 fully saturated rings. The summed E-state index contributed by atoms with van der Waals surface area (Å²) >= 11 is 0. The van der Waals surface area contributed by atoms with E-state index in [4.69, 9.17) is 5.73 Å². The molecular weight excluding hydrogens is 236 g/mol. The van der Waals surface area contributed by atoms with Gasteiger partial charge in [0, 0.05) is 12.5 Å². The number of amides is 1. The van der Waals surface area contributed by atoms with Crippen molar-refractivity contribution in [3.05, 3.63) is 35.4 Å². The maximum atomic E-state index is 12.0. The molecule has 2 unspecified atom stereocenters. The van der Waals surface area contributed by atoms with Gasteiger partial charge in [-0.1, -0.05) is 37.6 Å². The van der Waals surface area contributed by atoms with Gasteiger partial charge in [0.2, 0.25) is 5.91 Å². The standard InChI is InChI=1S/C16H24N2O/c1-2-12(11-17)9-16(19)18-15-8-7-13-5-3-4-6-14(13)10-15/h3-6,12,15H,2,7-11,17H2,1H3,(H,18,19). The van der Waals surface area contributed by atoms with Gasteiger partial charge in [0.15, 0.2) is 0 Å². The second-order valence-corrected chi connectivity index (χ2v) is 5.49. The molecule has 0 saturated heterocycles. The fourth-order valence-electron chi connectivity index (χ4n) is 2.76. The average Bonchev–Trinajstić information content (AvgIpc) is 2.44. The number of rotatable bonds is 5. The summed E-state index contributed by atoms with van der Waals surface area (Å²) in [6.45, 7) is 2.68. The average molecular weight is 260 g/mol. The number of aryl methyl sites for hydroxylation is 1. The van der Waals surface area contributed by atoms with Crippen LogP contribution in [0.1, 0.15) is 37.3 Å². The first-order chi connectivity index (χ1) is 9.22. The minimum atomic E-state index is 0.154. The molecule has 1 aromatic rings. The molecule has 3 heteroatoms. The Hall–Kier alpha value is -1.35. The van der Waals surface area contributed by atoms with E-state index in [0.717, 1.165) is 25.7 Å². The van der Waals surface area contributed by atoms with E-state index in [1.165, 1.54) is 11.1 Å². The van der Waals surface area contributed by atoms with E-state index in [0.29, 0.717) is 18.9 Å². The van der Waals surface area contributed by atoms with E-state index in [9.17, 15) is 4.79 Å². The summed E-state index contributed by atoms with van der Waals surface area (Å²) in [4.78, 5) is 12.0. The van der Waals surface area contributed by atoms with Gasteiger partial charge in [0.05, 0.1) is 0 Å². The Balaban J connectivity index is 1.86. The van der Waals surface area contributed by atoms with Crippen molar-refractivity contribution < 1.29 is 4.79 Å². The zero-order valence-corrected chi connectivity index (χ0v) is 11.7. The SMILES string of the molecule is CCC(CN)CC(=O)NC1CCc2ccccc2C1. The molecule has 3 N–H and O–H groups in total. The molecule has 3 nitrogen and oxygen atoms in total. The molecule has 104 valence electrons. The Morgan fingerprint density at radius 3 is 2.84 bits per heavy atom. The predicted octanol–water partition coefficient (Wildman–Crippen LogP) is 2.04. The molecule has 2 rings (SSSR count). The lowest BCUT2D eigenvalue weighted by atomic mass is 9.88. The smallest absolute Gasteiger partial charge is 0.220 e. The van der Waals surface area contributed by atoms with E-state index < -0.39 is 0 Å². The molecule has 0 saturated carbocycles. The quantitative estimate of drug-likeness (QED) is 0.851. The molecule has 0 aromatic heterocycles. The number of carbonyl (C=O) groups excluding carboxylic acids is 1. The number of carbonyl (C=O) groups is 1. The number of benzene rings is 1. The van der Waals surface area contributed by atoms with Gasteiger partial charge in [-0.15, -0.1) is 0 Å². The van der Waals surface area contributed by atoms with Gasteiger partial charge in [-0.05, 0) is 42.9 Å². The second-order valence-electron chi connectivity index (χ2n) is 5.49. The lowest BCUT2D eigenvalue weighted by Crippen LogP contribution is -2.40. The monoisotopic (exact) mass is 260 g/mol. The summed E-state index contributed by atoms with van der Waals surface area (Å²) in [6, 6.07) is 8.81. The van der Waals surface area contributed by atoms with Crippen LogP contribution in [0.5, 0.6) is 0 Å². The predicted molar refractivity (Wildman–Crippen MR) is 77.9 cm³/mol. The molecular formula is C16H24N2O. The molecule has 0 spiro atoms. The van der Waals surface area contributed by atoms with Crippen LogP contribution in [0.4, 0.5) is 0 Å². The summed E-state index contributed by atoms with van der Waals surface area (Å²) in [5, 5.41) is 3.16. The molecule has 0 heterocycles. The first-order valence-corrected chi connectivity index (χ1v) is 7.29. The molecule has 1 aliphatic rings. The normalized spacial score (nSPS) is 19.6. The van der Waals surface area contributed by atoms with Crippen LogP contribution >= 0.6 is 0 Å². The third kappa shape index (κ3) is 3.80. The van der Waals surface area contributed by atoms with E-state index in [1.54, 1.807) is 0 Å². The highest BCUT2D eigenvalue weighted by molar-refractivity contribution is 5.76. The van der Waals surface area contributed by atoms with Crippen LogP contribution in [0.3, 0.4) is 0 Å². The van der Waals surface area contributed by atoms with Crippen molar-refractivity contribution in [1.82, 2.24) is 5.32 Å². The number of nitrogens with two attached hydrogens (primary N) is 1. The van der Waals surface area contributed by atoms with Crippen molar-refractivity contribution in [2.75, 3.05) is 6.54 Å². The summed E-state index contributed by atoms with van der Waals surface area (Å²) in [5.41, 5.74) is 8.46. The summed E-state index contributed by atoms with van der Waals surface area (Å²) in [5.74, 6) is 0.470. The molecule has 1 aliphatic carbocycles. The number of fused-ring (bicyclic) bond motifs is 1. The first-order valence-electron chi connectivity index (χ1n) is 7.29. The third-order valence-corrected chi connectivity index (χ3v) is 4.10. The number of hydrogen-bond donors (Lipinski definition) is 2. The van der Waals surface area contributed by atoms with E-state index in [-0.39, 0.29) is 11.9 Å². The topological polar surface area (TPSA) is 55.1 Å². The van der Waals surface area contributed by atoms with Crippen LogP contribution in [0.15, 0.2) is 24.3 Å². The summed E-state index contributed by atoms with van der Waals surface area (Å²) in [7, 11) is 0. The molecule has 0 bridgehead atoms. The van der Waals surface area contributed by atoms with Gasteiger partial charge in [-0.3, -0.25) is 4.79 Å². The zero-order valence-electron chi connectivity index (χ0n) is 11.7. The molecule has 0 radical (unpaired) electrons. The Bertz CT molecular complexity index is 427. The maximum Gasteiger partial charge on any atom is 0.220 e. The van der Waals surface area contributed by atoms with Crippen LogP contribution in [-0.4, -0.2) is 18.5 Å². The largest absolute Gasteiger partial charge is 0.353 e. The Kier molecular flexibility index (Phi) is 4.97. The fraction of sp³-hybridized carbons (Fsp3) is 0.562. The van der Waals surface area contributed by atoms with Gasteiger partial charge in [-0.2, -0.15) is 0 Å². The number of hydrogen-bond acceptors (Lipinski definition) is 2. The van der Waals surface area contributed by atoms with Gasteiger partial charge < -0.3 is 11.1 Å². The minimum absolute atomic E-state index is 0.154. The Morgan fingerprint density at radius 1 is 1.42 bits per heavy atom. The molecule has 1 aromatic carbocycles. The van der Waals surface area contributed by atoms with Crippen LogP contribution in [0, 0.1) is 5.92 Å². The molecule has 2 atom stereocenters. The van der Waals surface area contributed by atoms with Crippen LogP contribution in [0.25, 0.3) is 0 Å². The lowest BCUT2D eigenvalue weighted by molar-refractivity contribution is -0.122. The van der Waals surface area contributed by atoms with Crippen LogP contribution < -0.4 is 11.1 Å². The van der Waals surface area contributed by atoms with Crippen LogP contribution in [-0.2, 0) is 17.6 Å². The highest BCUT2D eigenvalue weighted by Crippen LogP contribution is 2.21. The van der Waals surface area contributed by atoms with E-state index in [1.807, 2.05) is 0 Å². The summed E-state index contributed by atoms with van der Waals surface area (Å²) < 4.78 is 0. The molecule has 19 heavy (non-hydrogen) atoms. The van der Waals surface area contributed by atoms with Gasteiger partial charge in [0.25, 0.3) is 0 Å². The molecule has 0 aliphatic heterocycles. The maximum absolute atomic E-state index is 12.0. The van der Waals surface area contributed by atoms with E-state index >= 15 is 0 Å². The first kappa shape index (κ1) is 14.1. The lowest BCUT2D eigenvalue weighted by Gasteiger charge is -2.26. The van der Waals surface area contributed by atoms with Crippen molar-refractivity contribution in [3.8, 4) is 0 Å².